The smallest absolute Gasteiger partial charge is 0.133 e. The molecule has 1 atom stereocenters. The Morgan fingerprint density at radius 2 is 2.43 bits per heavy atom. The SMILES string of the molecule is Cc1cc(CC2CCCC(=O)C2)cs1. The molecule has 1 fully saturated rings. The Kier molecular flexibility index (Phi) is 3.02. The number of hydrogen-bond donors (Lipinski definition) is 0. The van der Waals surface area contributed by atoms with Gasteiger partial charge in [-0.05, 0) is 49.1 Å². The zero-order chi connectivity index (χ0) is 9.97. The molecule has 2 rings (SSSR count). The number of carbonyl (C=O) groups excluding carboxylic acids is 1. The van der Waals surface area contributed by atoms with E-state index in [1.807, 2.05) is 11.3 Å². The van der Waals surface area contributed by atoms with Crippen molar-refractivity contribution in [2.75, 3.05) is 0 Å². The monoisotopic (exact) mass is 208 g/mol. The highest BCUT2D eigenvalue weighted by atomic mass is 32.1. The van der Waals surface area contributed by atoms with E-state index < -0.39 is 0 Å². The molecule has 2 heteroatoms. The zero-order valence-corrected chi connectivity index (χ0v) is 9.40. The fourth-order valence-electron chi connectivity index (χ4n) is 2.23. The third-order valence-electron chi connectivity index (χ3n) is 2.89. The minimum atomic E-state index is 0.466. The molecular weight excluding hydrogens is 192 g/mol. The van der Waals surface area contributed by atoms with E-state index in [9.17, 15) is 4.79 Å². The predicted molar refractivity (Wildman–Crippen MR) is 59.7 cm³/mol. The van der Waals surface area contributed by atoms with Crippen LogP contribution in [0.1, 0.15) is 36.1 Å². The lowest BCUT2D eigenvalue weighted by molar-refractivity contribution is -0.121. The average Bonchev–Trinajstić information content (AvgIpc) is 2.51. The molecule has 0 saturated heterocycles. The Balaban J connectivity index is 1.93. The molecule has 1 aliphatic carbocycles. The topological polar surface area (TPSA) is 17.1 Å². The maximum Gasteiger partial charge on any atom is 0.133 e. The highest BCUT2D eigenvalue weighted by molar-refractivity contribution is 7.10. The number of carbonyl (C=O) groups is 1. The van der Waals surface area contributed by atoms with E-state index >= 15 is 0 Å². The Morgan fingerprint density at radius 1 is 1.57 bits per heavy atom. The molecule has 1 aromatic heterocycles. The molecule has 0 spiro atoms. The van der Waals surface area contributed by atoms with Gasteiger partial charge in [-0.2, -0.15) is 0 Å². The van der Waals surface area contributed by atoms with Crippen molar-refractivity contribution in [3.8, 4) is 0 Å². The molecule has 14 heavy (non-hydrogen) atoms. The molecule has 0 aliphatic heterocycles. The molecule has 1 saturated carbocycles. The lowest BCUT2D eigenvalue weighted by atomic mass is 9.85. The van der Waals surface area contributed by atoms with Gasteiger partial charge in [0.25, 0.3) is 0 Å². The second-order valence-electron chi connectivity index (χ2n) is 4.27. The van der Waals surface area contributed by atoms with Crippen LogP contribution in [0, 0.1) is 12.8 Å². The van der Waals surface area contributed by atoms with E-state index in [1.54, 1.807) is 0 Å². The van der Waals surface area contributed by atoms with Gasteiger partial charge in [-0.1, -0.05) is 0 Å². The summed E-state index contributed by atoms with van der Waals surface area (Å²) in [4.78, 5) is 12.6. The van der Waals surface area contributed by atoms with Crippen LogP contribution in [0.15, 0.2) is 11.4 Å². The summed E-state index contributed by atoms with van der Waals surface area (Å²) in [6.07, 6.45) is 5.08. The lowest BCUT2D eigenvalue weighted by Crippen LogP contribution is -2.16. The molecule has 0 bridgehead atoms. The molecule has 1 heterocycles. The Labute approximate surface area is 89.1 Å². The van der Waals surface area contributed by atoms with Crippen LogP contribution in [0.25, 0.3) is 0 Å². The van der Waals surface area contributed by atoms with Crippen LogP contribution in [-0.4, -0.2) is 5.78 Å². The van der Waals surface area contributed by atoms with E-state index in [2.05, 4.69) is 18.4 Å². The summed E-state index contributed by atoms with van der Waals surface area (Å²) in [7, 11) is 0. The fourth-order valence-corrected chi connectivity index (χ4v) is 2.95. The predicted octanol–water partition coefficient (Wildman–Crippen LogP) is 3.36. The van der Waals surface area contributed by atoms with Crippen molar-refractivity contribution in [2.45, 2.75) is 39.0 Å². The van der Waals surface area contributed by atoms with Gasteiger partial charge in [0.1, 0.15) is 5.78 Å². The van der Waals surface area contributed by atoms with Crippen molar-refractivity contribution in [1.29, 1.82) is 0 Å². The van der Waals surface area contributed by atoms with Crippen molar-refractivity contribution in [1.82, 2.24) is 0 Å². The number of ketones is 1. The Bertz CT molecular complexity index is 327. The van der Waals surface area contributed by atoms with Crippen molar-refractivity contribution >= 4 is 17.1 Å². The van der Waals surface area contributed by atoms with Crippen LogP contribution in [0.2, 0.25) is 0 Å². The molecule has 76 valence electrons. The lowest BCUT2D eigenvalue weighted by Gasteiger charge is -2.19. The van der Waals surface area contributed by atoms with E-state index in [-0.39, 0.29) is 0 Å². The van der Waals surface area contributed by atoms with Crippen LogP contribution in [0.4, 0.5) is 0 Å². The highest BCUT2D eigenvalue weighted by Crippen LogP contribution is 2.26. The van der Waals surface area contributed by atoms with E-state index in [0.29, 0.717) is 11.7 Å². The first-order valence-corrected chi connectivity index (χ1v) is 6.18. The molecule has 0 amide bonds. The summed E-state index contributed by atoms with van der Waals surface area (Å²) in [6.45, 7) is 2.14. The first-order valence-electron chi connectivity index (χ1n) is 5.30. The van der Waals surface area contributed by atoms with Crippen LogP contribution in [0.3, 0.4) is 0 Å². The van der Waals surface area contributed by atoms with Gasteiger partial charge in [-0.15, -0.1) is 11.3 Å². The molecule has 1 nitrogen and oxygen atoms in total. The van der Waals surface area contributed by atoms with Crippen molar-refractivity contribution in [3.63, 3.8) is 0 Å². The summed E-state index contributed by atoms with van der Waals surface area (Å²) < 4.78 is 0. The van der Waals surface area contributed by atoms with Crippen molar-refractivity contribution in [2.24, 2.45) is 5.92 Å². The third kappa shape index (κ3) is 2.44. The summed E-state index contributed by atoms with van der Waals surface area (Å²) in [5.74, 6) is 1.08. The fraction of sp³-hybridized carbons (Fsp3) is 0.583. The molecule has 0 aromatic carbocycles. The van der Waals surface area contributed by atoms with Gasteiger partial charge >= 0.3 is 0 Å². The summed E-state index contributed by atoms with van der Waals surface area (Å²) in [6, 6.07) is 2.25. The average molecular weight is 208 g/mol. The van der Waals surface area contributed by atoms with Crippen molar-refractivity contribution in [3.05, 3.63) is 21.9 Å². The maximum atomic E-state index is 11.3. The minimum absolute atomic E-state index is 0.466. The first-order chi connectivity index (χ1) is 6.74. The zero-order valence-electron chi connectivity index (χ0n) is 8.58. The van der Waals surface area contributed by atoms with Gasteiger partial charge in [-0.25, -0.2) is 0 Å². The molecule has 1 unspecified atom stereocenters. The molecule has 1 aromatic rings. The van der Waals surface area contributed by atoms with Gasteiger partial charge in [0.05, 0.1) is 0 Å². The van der Waals surface area contributed by atoms with E-state index in [1.165, 1.54) is 16.9 Å². The van der Waals surface area contributed by atoms with Crippen LogP contribution >= 0.6 is 11.3 Å². The van der Waals surface area contributed by atoms with E-state index in [0.717, 1.165) is 25.7 Å². The summed E-state index contributed by atoms with van der Waals surface area (Å²) in [5, 5.41) is 2.23. The standard InChI is InChI=1S/C12H16OS/c1-9-5-11(8-14-9)6-10-3-2-4-12(13)7-10/h5,8,10H,2-4,6-7H2,1H3. The number of thiophene rings is 1. The van der Waals surface area contributed by atoms with Crippen LogP contribution < -0.4 is 0 Å². The highest BCUT2D eigenvalue weighted by Gasteiger charge is 2.19. The number of Topliss-reactive ketones (excluding diaryl/α,β-unsaturated/α-hetero) is 1. The second-order valence-corrected chi connectivity index (χ2v) is 5.39. The molecular formula is C12H16OS. The second kappa shape index (κ2) is 4.26. The Morgan fingerprint density at radius 3 is 3.07 bits per heavy atom. The molecule has 1 aliphatic rings. The number of aryl methyl sites for hydroxylation is 1. The van der Waals surface area contributed by atoms with Gasteiger partial charge in [-0.3, -0.25) is 4.79 Å². The normalized spacial score (nSPS) is 22.6. The third-order valence-corrected chi connectivity index (χ3v) is 3.80. The quantitative estimate of drug-likeness (QED) is 0.728. The summed E-state index contributed by atoms with van der Waals surface area (Å²) >= 11 is 1.81. The van der Waals surface area contributed by atoms with Crippen LogP contribution in [0.5, 0.6) is 0 Å². The molecule has 0 N–H and O–H groups in total. The number of rotatable bonds is 2. The van der Waals surface area contributed by atoms with Gasteiger partial charge < -0.3 is 0 Å². The van der Waals surface area contributed by atoms with Gasteiger partial charge in [0.15, 0.2) is 0 Å². The minimum Gasteiger partial charge on any atom is -0.300 e. The van der Waals surface area contributed by atoms with Gasteiger partial charge in [0.2, 0.25) is 0 Å². The number of hydrogen-bond acceptors (Lipinski definition) is 2. The van der Waals surface area contributed by atoms with Crippen molar-refractivity contribution < 1.29 is 4.79 Å². The Hall–Kier alpha value is -0.630. The van der Waals surface area contributed by atoms with Crippen LogP contribution in [-0.2, 0) is 11.2 Å². The maximum absolute atomic E-state index is 11.3. The summed E-state index contributed by atoms with van der Waals surface area (Å²) in [5.41, 5.74) is 1.42. The van der Waals surface area contributed by atoms with Gasteiger partial charge in [0, 0.05) is 17.7 Å². The molecule has 0 radical (unpaired) electrons. The largest absolute Gasteiger partial charge is 0.300 e. The van der Waals surface area contributed by atoms with E-state index in [4.69, 9.17) is 0 Å². The first kappa shape index (κ1) is 9.91.